The summed E-state index contributed by atoms with van der Waals surface area (Å²) in [6.07, 6.45) is 0. The molecular weight excluding hydrogens is 182 g/mol. The molecule has 2 aromatic rings. The fraction of sp³-hybridized carbons (Fsp3) is 0.200. The van der Waals surface area contributed by atoms with Crippen molar-refractivity contribution in [1.82, 2.24) is 5.32 Å². The van der Waals surface area contributed by atoms with Crippen LogP contribution in [-0.2, 0) is 6.54 Å². The fourth-order valence-corrected chi connectivity index (χ4v) is 1.85. The van der Waals surface area contributed by atoms with E-state index in [0.29, 0.717) is 0 Å². The molecule has 2 heterocycles. The van der Waals surface area contributed by atoms with Gasteiger partial charge in [0.05, 0.1) is 6.54 Å². The Bertz CT molecular complexity index is 364. The van der Waals surface area contributed by atoms with Gasteiger partial charge in [-0.2, -0.15) is 11.3 Å². The summed E-state index contributed by atoms with van der Waals surface area (Å²) in [4.78, 5) is 0. The van der Waals surface area contributed by atoms with E-state index in [1.807, 2.05) is 19.2 Å². The summed E-state index contributed by atoms with van der Waals surface area (Å²) in [5.74, 6) is 1.93. The summed E-state index contributed by atoms with van der Waals surface area (Å²) in [7, 11) is 1.91. The molecule has 2 aromatic heterocycles. The smallest absolute Gasteiger partial charge is 0.135 e. The minimum atomic E-state index is 0.782. The van der Waals surface area contributed by atoms with E-state index in [1.165, 1.54) is 0 Å². The van der Waals surface area contributed by atoms with Crippen LogP contribution in [0.1, 0.15) is 5.76 Å². The number of furan rings is 1. The Kier molecular flexibility index (Phi) is 2.47. The van der Waals surface area contributed by atoms with Crippen molar-refractivity contribution in [2.45, 2.75) is 6.54 Å². The lowest BCUT2D eigenvalue weighted by molar-refractivity contribution is 0.507. The Hall–Kier alpha value is -1.06. The van der Waals surface area contributed by atoms with Crippen LogP contribution >= 0.6 is 11.3 Å². The molecule has 2 nitrogen and oxygen atoms in total. The van der Waals surface area contributed by atoms with Crippen LogP contribution in [0.3, 0.4) is 0 Å². The highest BCUT2D eigenvalue weighted by Crippen LogP contribution is 2.24. The van der Waals surface area contributed by atoms with Gasteiger partial charge in [-0.15, -0.1) is 0 Å². The van der Waals surface area contributed by atoms with Crippen molar-refractivity contribution in [2.75, 3.05) is 7.05 Å². The average Bonchev–Trinajstić information content (AvgIpc) is 2.70. The second kappa shape index (κ2) is 3.77. The van der Waals surface area contributed by atoms with E-state index in [0.717, 1.165) is 23.6 Å². The third-order valence-electron chi connectivity index (χ3n) is 1.82. The highest BCUT2D eigenvalue weighted by molar-refractivity contribution is 7.08. The van der Waals surface area contributed by atoms with Gasteiger partial charge in [-0.25, -0.2) is 0 Å². The number of hydrogen-bond donors (Lipinski definition) is 1. The van der Waals surface area contributed by atoms with Crippen LogP contribution in [0.15, 0.2) is 33.4 Å². The molecule has 2 rings (SSSR count). The lowest BCUT2D eigenvalue weighted by Gasteiger charge is -1.93. The van der Waals surface area contributed by atoms with E-state index in [1.54, 1.807) is 11.3 Å². The second-order valence-electron chi connectivity index (χ2n) is 2.81. The first-order valence-corrected chi connectivity index (χ1v) is 5.10. The lowest BCUT2D eigenvalue weighted by atomic mass is 10.3. The quantitative estimate of drug-likeness (QED) is 0.810. The Balaban J connectivity index is 2.23. The van der Waals surface area contributed by atoms with Gasteiger partial charge >= 0.3 is 0 Å². The molecule has 0 aliphatic rings. The van der Waals surface area contributed by atoms with Crippen molar-refractivity contribution in [3.63, 3.8) is 0 Å². The fourth-order valence-electron chi connectivity index (χ4n) is 1.21. The molecule has 13 heavy (non-hydrogen) atoms. The summed E-state index contributed by atoms with van der Waals surface area (Å²) >= 11 is 1.68. The van der Waals surface area contributed by atoms with Crippen molar-refractivity contribution >= 4 is 11.3 Å². The van der Waals surface area contributed by atoms with Gasteiger partial charge in [0.1, 0.15) is 11.5 Å². The highest BCUT2D eigenvalue weighted by atomic mass is 32.1. The molecule has 0 aliphatic carbocycles. The van der Waals surface area contributed by atoms with Gasteiger partial charge in [-0.05, 0) is 30.6 Å². The van der Waals surface area contributed by atoms with Crippen molar-refractivity contribution in [1.29, 1.82) is 0 Å². The molecule has 0 atom stereocenters. The maximum Gasteiger partial charge on any atom is 0.135 e. The number of thiophene rings is 1. The number of nitrogens with one attached hydrogen (secondary N) is 1. The lowest BCUT2D eigenvalue weighted by Crippen LogP contribution is -2.03. The average molecular weight is 193 g/mol. The molecule has 0 radical (unpaired) electrons. The van der Waals surface area contributed by atoms with Crippen LogP contribution in [-0.4, -0.2) is 7.05 Å². The molecule has 68 valence electrons. The maximum atomic E-state index is 5.61. The van der Waals surface area contributed by atoms with E-state index in [4.69, 9.17) is 4.42 Å². The van der Waals surface area contributed by atoms with Gasteiger partial charge in [0.15, 0.2) is 0 Å². The molecule has 0 unspecified atom stereocenters. The van der Waals surface area contributed by atoms with Crippen molar-refractivity contribution in [3.05, 3.63) is 34.7 Å². The molecule has 0 spiro atoms. The first-order chi connectivity index (χ1) is 6.40. The van der Waals surface area contributed by atoms with Gasteiger partial charge in [0.25, 0.3) is 0 Å². The highest BCUT2D eigenvalue weighted by Gasteiger charge is 2.03. The Morgan fingerprint density at radius 3 is 3.00 bits per heavy atom. The van der Waals surface area contributed by atoms with E-state index in [-0.39, 0.29) is 0 Å². The summed E-state index contributed by atoms with van der Waals surface area (Å²) in [5, 5.41) is 7.19. The Morgan fingerprint density at radius 1 is 1.38 bits per heavy atom. The zero-order chi connectivity index (χ0) is 9.10. The van der Waals surface area contributed by atoms with Crippen LogP contribution < -0.4 is 5.32 Å². The molecule has 0 saturated heterocycles. The molecule has 0 fully saturated rings. The van der Waals surface area contributed by atoms with Gasteiger partial charge in [-0.1, -0.05) is 0 Å². The molecular formula is C10H11NOS. The van der Waals surface area contributed by atoms with Gasteiger partial charge < -0.3 is 9.73 Å². The van der Waals surface area contributed by atoms with Crippen LogP contribution in [0.4, 0.5) is 0 Å². The van der Waals surface area contributed by atoms with Gasteiger partial charge in [-0.3, -0.25) is 0 Å². The standard InChI is InChI=1S/C10H11NOS/c1-11-6-9-2-3-10(12-9)8-4-5-13-7-8/h2-5,7,11H,6H2,1H3. The third-order valence-corrected chi connectivity index (χ3v) is 2.50. The number of hydrogen-bond acceptors (Lipinski definition) is 3. The van der Waals surface area contributed by atoms with E-state index >= 15 is 0 Å². The zero-order valence-electron chi connectivity index (χ0n) is 7.41. The number of rotatable bonds is 3. The molecule has 0 saturated carbocycles. The molecule has 0 aliphatic heterocycles. The monoisotopic (exact) mass is 193 g/mol. The summed E-state index contributed by atoms with van der Waals surface area (Å²) in [5.41, 5.74) is 1.16. The van der Waals surface area contributed by atoms with E-state index in [2.05, 4.69) is 22.1 Å². The maximum absolute atomic E-state index is 5.61. The van der Waals surface area contributed by atoms with Crippen LogP contribution in [0.5, 0.6) is 0 Å². The van der Waals surface area contributed by atoms with E-state index < -0.39 is 0 Å². The van der Waals surface area contributed by atoms with Gasteiger partial charge in [0, 0.05) is 10.9 Å². The van der Waals surface area contributed by atoms with Crippen LogP contribution in [0.2, 0.25) is 0 Å². The zero-order valence-corrected chi connectivity index (χ0v) is 8.23. The minimum absolute atomic E-state index is 0.782. The SMILES string of the molecule is CNCc1ccc(-c2ccsc2)o1. The summed E-state index contributed by atoms with van der Waals surface area (Å²) < 4.78 is 5.61. The predicted molar refractivity (Wildman–Crippen MR) is 54.8 cm³/mol. The van der Waals surface area contributed by atoms with Crippen molar-refractivity contribution in [2.24, 2.45) is 0 Å². The third kappa shape index (κ3) is 1.82. The largest absolute Gasteiger partial charge is 0.460 e. The minimum Gasteiger partial charge on any atom is -0.460 e. The summed E-state index contributed by atoms with van der Waals surface area (Å²) in [6.45, 7) is 0.782. The second-order valence-corrected chi connectivity index (χ2v) is 3.59. The van der Waals surface area contributed by atoms with Crippen LogP contribution in [0, 0.1) is 0 Å². The van der Waals surface area contributed by atoms with Crippen molar-refractivity contribution in [3.8, 4) is 11.3 Å². The van der Waals surface area contributed by atoms with Crippen molar-refractivity contribution < 1.29 is 4.42 Å². The Morgan fingerprint density at radius 2 is 2.31 bits per heavy atom. The normalized spacial score (nSPS) is 10.5. The topological polar surface area (TPSA) is 25.2 Å². The molecule has 0 amide bonds. The molecule has 3 heteroatoms. The van der Waals surface area contributed by atoms with E-state index in [9.17, 15) is 0 Å². The molecule has 0 bridgehead atoms. The Labute approximate surface area is 81.2 Å². The van der Waals surface area contributed by atoms with Gasteiger partial charge in [0.2, 0.25) is 0 Å². The molecule has 0 aromatic carbocycles. The first kappa shape index (κ1) is 8.53. The first-order valence-electron chi connectivity index (χ1n) is 4.16. The predicted octanol–water partition coefficient (Wildman–Crippen LogP) is 2.73. The summed E-state index contributed by atoms with van der Waals surface area (Å²) in [6, 6.07) is 6.07. The molecule has 1 N–H and O–H groups in total. The van der Waals surface area contributed by atoms with Crippen LogP contribution in [0.25, 0.3) is 11.3 Å².